The summed E-state index contributed by atoms with van der Waals surface area (Å²) in [4.78, 5) is 17.4. The van der Waals surface area contributed by atoms with Crippen molar-refractivity contribution in [3.63, 3.8) is 0 Å². The number of hydrogen-bond acceptors (Lipinski definition) is 4. The lowest BCUT2D eigenvalue weighted by molar-refractivity contribution is -0.137. The molecule has 4 atom stereocenters. The lowest BCUT2D eigenvalue weighted by atomic mass is 9.91. The van der Waals surface area contributed by atoms with Gasteiger partial charge in [0.1, 0.15) is 0 Å². The number of carbonyl (C=O) groups excluding carboxylic acids is 1. The summed E-state index contributed by atoms with van der Waals surface area (Å²) < 4.78 is 5.38. The number of carbonyl (C=O) groups is 1. The van der Waals surface area contributed by atoms with E-state index >= 15 is 0 Å². The molecule has 2 bridgehead atoms. The van der Waals surface area contributed by atoms with Crippen molar-refractivity contribution in [1.29, 1.82) is 0 Å². The van der Waals surface area contributed by atoms with Gasteiger partial charge in [0.05, 0.1) is 6.04 Å². The third-order valence-electron chi connectivity index (χ3n) is 6.85. The standard InChI is InChI=1S/C18H31N3O2.2ClH/c19-17(14-3-9-23-10-4-14)18(22)21-7-5-20(6-8-21)16-12-13-1-2-15(16)11-13;;/h13-17H,1-12,19H2;2*1H. The Morgan fingerprint density at radius 3 is 2.20 bits per heavy atom. The number of amides is 1. The van der Waals surface area contributed by atoms with Gasteiger partial charge < -0.3 is 15.4 Å². The molecule has 4 unspecified atom stereocenters. The molecule has 2 aliphatic carbocycles. The topological polar surface area (TPSA) is 58.8 Å². The van der Waals surface area contributed by atoms with Crippen LogP contribution in [0.3, 0.4) is 0 Å². The zero-order valence-corrected chi connectivity index (χ0v) is 16.6. The summed E-state index contributed by atoms with van der Waals surface area (Å²) in [6.07, 6.45) is 7.61. The first kappa shape index (κ1) is 21.2. The normalized spacial score (nSPS) is 34.3. The monoisotopic (exact) mass is 393 g/mol. The van der Waals surface area contributed by atoms with Gasteiger partial charge in [-0.3, -0.25) is 9.69 Å². The van der Waals surface area contributed by atoms with Crippen LogP contribution in [-0.2, 0) is 9.53 Å². The molecule has 0 aromatic heterocycles. The fourth-order valence-corrected chi connectivity index (χ4v) is 5.42. The number of hydrogen-bond donors (Lipinski definition) is 1. The Balaban J connectivity index is 0.00000113. The number of nitrogens with two attached hydrogens (primary N) is 1. The van der Waals surface area contributed by atoms with Crippen LogP contribution in [0.15, 0.2) is 0 Å². The van der Waals surface area contributed by atoms with Crippen molar-refractivity contribution in [2.45, 2.75) is 50.6 Å². The van der Waals surface area contributed by atoms with E-state index in [0.29, 0.717) is 5.92 Å². The highest BCUT2D eigenvalue weighted by atomic mass is 35.5. The first-order valence-corrected chi connectivity index (χ1v) is 9.58. The van der Waals surface area contributed by atoms with E-state index in [1.165, 1.54) is 25.7 Å². The summed E-state index contributed by atoms with van der Waals surface area (Å²) in [6.45, 7) is 5.32. The van der Waals surface area contributed by atoms with Crippen LogP contribution in [0.2, 0.25) is 0 Å². The molecule has 146 valence electrons. The minimum absolute atomic E-state index is 0. The number of halogens is 2. The van der Waals surface area contributed by atoms with Gasteiger partial charge in [0.2, 0.25) is 5.91 Å². The van der Waals surface area contributed by atoms with Crippen molar-refractivity contribution >= 4 is 30.7 Å². The van der Waals surface area contributed by atoms with Gasteiger partial charge in [-0.25, -0.2) is 0 Å². The molecule has 0 radical (unpaired) electrons. The molecule has 25 heavy (non-hydrogen) atoms. The fraction of sp³-hybridized carbons (Fsp3) is 0.944. The van der Waals surface area contributed by atoms with Crippen molar-refractivity contribution < 1.29 is 9.53 Å². The Morgan fingerprint density at radius 2 is 1.64 bits per heavy atom. The highest BCUT2D eigenvalue weighted by Crippen LogP contribution is 2.46. The molecule has 4 rings (SSSR count). The van der Waals surface area contributed by atoms with Crippen LogP contribution >= 0.6 is 24.8 Å². The molecular weight excluding hydrogens is 361 g/mol. The van der Waals surface area contributed by atoms with Gasteiger partial charge in [-0.05, 0) is 49.9 Å². The maximum Gasteiger partial charge on any atom is 0.239 e. The van der Waals surface area contributed by atoms with E-state index in [-0.39, 0.29) is 36.8 Å². The predicted molar refractivity (Wildman–Crippen MR) is 103 cm³/mol. The predicted octanol–water partition coefficient (Wildman–Crippen LogP) is 1.92. The molecule has 0 spiro atoms. The summed E-state index contributed by atoms with van der Waals surface area (Å²) >= 11 is 0. The van der Waals surface area contributed by atoms with Crippen molar-refractivity contribution in [3.8, 4) is 0 Å². The Hall–Kier alpha value is -0.0700. The lowest BCUT2D eigenvalue weighted by Crippen LogP contribution is -2.57. The van der Waals surface area contributed by atoms with E-state index in [2.05, 4.69) is 4.90 Å². The van der Waals surface area contributed by atoms with Crippen molar-refractivity contribution in [2.75, 3.05) is 39.4 Å². The van der Waals surface area contributed by atoms with Gasteiger partial charge >= 0.3 is 0 Å². The van der Waals surface area contributed by atoms with Gasteiger partial charge in [-0.2, -0.15) is 0 Å². The molecule has 4 fully saturated rings. The smallest absolute Gasteiger partial charge is 0.239 e. The minimum Gasteiger partial charge on any atom is -0.381 e. The van der Waals surface area contributed by atoms with Crippen molar-refractivity contribution in [2.24, 2.45) is 23.5 Å². The quantitative estimate of drug-likeness (QED) is 0.795. The SMILES string of the molecule is Cl.Cl.NC(C(=O)N1CCN(C2CC3CCC2C3)CC1)C1CCOCC1. The van der Waals surface area contributed by atoms with E-state index in [0.717, 1.165) is 70.1 Å². The molecule has 0 aromatic rings. The molecular formula is C18H33Cl2N3O2. The van der Waals surface area contributed by atoms with E-state index in [1.807, 2.05) is 4.90 Å². The molecule has 7 heteroatoms. The highest BCUT2D eigenvalue weighted by Gasteiger charge is 2.43. The molecule has 2 saturated carbocycles. The van der Waals surface area contributed by atoms with Crippen LogP contribution in [0.1, 0.15) is 38.5 Å². The fourth-order valence-electron chi connectivity index (χ4n) is 5.42. The first-order valence-electron chi connectivity index (χ1n) is 9.58. The van der Waals surface area contributed by atoms with Crippen molar-refractivity contribution in [3.05, 3.63) is 0 Å². The molecule has 1 amide bonds. The number of rotatable bonds is 3. The number of piperazine rings is 1. The summed E-state index contributed by atoms with van der Waals surface area (Å²) in [5, 5.41) is 0. The molecule has 4 aliphatic rings. The number of nitrogens with zero attached hydrogens (tertiary/aromatic N) is 2. The van der Waals surface area contributed by atoms with Crippen LogP contribution in [-0.4, -0.2) is 67.2 Å². The third-order valence-corrected chi connectivity index (χ3v) is 6.85. The summed E-state index contributed by atoms with van der Waals surface area (Å²) in [7, 11) is 0. The second-order valence-electron chi connectivity index (χ2n) is 8.08. The molecule has 2 heterocycles. The number of ether oxygens (including phenoxy) is 1. The molecule has 2 aliphatic heterocycles. The zero-order chi connectivity index (χ0) is 15.8. The van der Waals surface area contributed by atoms with E-state index < -0.39 is 0 Å². The Bertz CT molecular complexity index is 440. The van der Waals surface area contributed by atoms with Gasteiger partial charge in [0.25, 0.3) is 0 Å². The highest BCUT2D eigenvalue weighted by molar-refractivity contribution is 5.85. The van der Waals surface area contributed by atoms with Crippen LogP contribution in [0.25, 0.3) is 0 Å². The van der Waals surface area contributed by atoms with Crippen LogP contribution < -0.4 is 5.73 Å². The maximum atomic E-state index is 12.7. The second kappa shape index (κ2) is 9.23. The largest absolute Gasteiger partial charge is 0.381 e. The van der Waals surface area contributed by atoms with Crippen LogP contribution in [0.5, 0.6) is 0 Å². The van der Waals surface area contributed by atoms with E-state index in [1.54, 1.807) is 0 Å². The lowest BCUT2D eigenvalue weighted by Gasteiger charge is -2.42. The molecule has 2 N–H and O–H groups in total. The van der Waals surface area contributed by atoms with Gasteiger partial charge in [0.15, 0.2) is 0 Å². The Labute approximate surface area is 163 Å². The Kier molecular flexibility index (Phi) is 7.84. The first-order chi connectivity index (χ1) is 11.2. The van der Waals surface area contributed by atoms with Gasteiger partial charge in [-0.15, -0.1) is 24.8 Å². The van der Waals surface area contributed by atoms with E-state index in [9.17, 15) is 4.79 Å². The van der Waals surface area contributed by atoms with Crippen molar-refractivity contribution in [1.82, 2.24) is 9.80 Å². The second-order valence-corrected chi connectivity index (χ2v) is 8.08. The number of fused-ring (bicyclic) bond motifs is 2. The molecule has 0 aromatic carbocycles. The third kappa shape index (κ3) is 4.44. The summed E-state index contributed by atoms with van der Waals surface area (Å²) in [6, 6.07) is 0.475. The summed E-state index contributed by atoms with van der Waals surface area (Å²) in [5.74, 6) is 2.41. The Morgan fingerprint density at radius 1 is 0.960 bits per heavy atom. The maximum absolute atomic E-state index is 12.7. The average molecular weight is 394 g/mol. The molecule has 5 nitrogen and oxygen atoms in total. The zero-order valence-electron chi connectivity index (χ0n) is 15.0. The van der Waals surface area contributed by atoms with Gasteiger partial charge in [0, 0.05) is 45.4 Å². The average Bonchev–Trinajstić information content (AvgIpc) is 3.25. The van der Waals surface area contributed by atoms with Gasteiger partial charge in [-0.1, -0.05) is 6.42 Å². The van der Waals surface area contributed by atoms with Crippen LogP contribution in [0, 0.1) is 17.8 Å². The van der Waals surface area contributed by atoms with Crippen LogP contribution in [0.4, 0.5) is 0 Å². The van der Waals surface area contributed by atoms with E-state index in [4.69, 9.17) is 10.5 Å². The minimum atomic E-state index is -0.326. The summed E-state index contributed by atoms with van der Waals surface area (Å²) in [5.41, 5.74) is 6.27. The molecule has 2 saturated heterocycles.